The molecule has 6 nitrogen and oxygen atoms in total. The van der Waals surface area contributed by atoms with E-state index in [0.717, 1.165) is 56.2 Å². The Bertz CT molecular complexity index is 817. The van der Waals surface area contributed by atoms with E-state index in [2.05, 4.69) is 48.3 Å². The van der Waals surface area contributed by atoms with Crippen LogP contribution in [0.15, 0.2) is 0 Å². The molecule has 0 spiro atoms. The van der Waals surface area contributed by atoms with Crippen molar-refractivity contribution in [3.8, 4) is 0 Å². The molecule has 4 saturated carbocycles. The van der Waals surface area contributed by atoms with Gasteiger partial charge in [0.05, 0.1) is 12.2 Å². The molecule has 5 rings (SSSR count). The van der Waals surface area contributed by atoms with Crippen LogP contribution in [-0.2, 0) is 6.42 Å². The van der Waals surface area contributed by atoms with Crippen molar-refractivity contribution < 1.29 is 10.2 Å². The third-order valence-electron chi connectivity index (χ3n) is 11.8. The second-order valence-electron chi connectivity index (χ2n) is 13.2. The monoisotopic (exact) mass is 472 g/mol. The number of hydrogen-bond donors (Lipinski definition) is 3. The molecule has 4 aliphatic rings. The van der Waals surface area contributed by atoms with Crippen molar-refractivity contribution in [2.45, 2.75) is 117 Å². The fourth-order valence-corrected chi connectivity index (χ4v) is 10.2. The van der Waals surface area contributed by atoms with E-state index >= 15 is 0 Å². The Morgan fingerprint density at radius 1 is 1.00 bits per heavy atom. The number of rotatable bonds is 7. The molecule has 0 aliphatic heterocycles. The molecule has 0 saturated heterocycles. The fourth-order valence-electron chi connectivity index (χ4n) is 10.2. The summed E-state index contributed by atoms with van der Waals surface area (Å²) in [5, 5.41) is 36.7. The molecular formula is C28H48N4O2. The van der Waals surface area contributed by atoms with Gasteiger partial charge in [0.2, 0.25) is 0 Å². The molecule has 3 N–H and O–H groups in total. The molecule has 1 aromatic rings. The number of H-pyrrole nitrogens is 1. The molecular weight excluding hydrogens is 424 g/mol. The Balaban J connectivity index is 1.29. The number of aromatic nitrogens is 4. The topological polar surface area (TPSA) is 94.9 Å². The average Bonchev–Trinajstić information content (AvgIpc) is 3.45. The number of hydrogen-bond acceptors (Lipinski definition) is 5. The first-order valence-corrected chi connectivity index (χ1v) is 14.4. The lowest BCUT2D eigenvalue weighted by atomic mass is 9.41. The normalized spacial score (nSPS) is 47.0. The number of aromatic amines is 1. The van der Waals surface area contributed by atoms with Gasteiger partial charge in [0.1, 0.15) is 0 Å². The van der Waals surface area contributed by atoms with Crippen LogP contribution < -0.4 is 0 Å². The van der Waals surface area contributed by atoms with E-state index in [1.165, 1.54) is 38.5 Å². The molecule has 5 unspecified atom stereocenters. The van der Waals surface area contributed by atoms with Crippen molar-refractivity contribution >= 4 is 0 Å². The van der Waals surface area contributed by atoms with E-state index in [-0.39, 0.29) is 12.2 Å². The van der Waals surface area contributed by atoms with Crippen molar-refractivity contribution in [2.24, 2.45) is 52.3 Å². The zero-order valence-corrected chi connectivity index (χ0v) is 21.9. The van der Waals surface area contributed by atoms with Crippen molar-refractivity contribution in [3.63, 3.8) is 0 Å². The first kappa shape index (κ1) is 24.7. The van der Waals surface area contributed by atoms with E-state index in [9.17, 15) is 10.2 Å². The maximum atomic E-state index is 11.9. The number of aliphatic hydroxyl groups excluding tert-OH is 2. The summed E-state index contributed by atoms with van der Waals surface area (Å²) in [7, 11) is 0. The molecule has 11 atom stereocenters. The van der Waals surface area contributed by atoms with Crippen LogP contribution in [0.1, 0.15) is 104 Å². The van der Waals surface area contributed by atoms with Crippen molar-refractivity contribution in [1.82, 2.24) is 20.6 Å². The standard InChI is InChI=1S/C28H48N4O2/c1-5-19-23-16-18(33)12-14-28(23,4)22-13-15-27(3)20(10-11-21(27)25(22)26(19)34)17(2)8-6-7-9-24-29-31-32-30-24/h17-23,25-26,33-34H,5-16H2,1-4H3,(H,29,30,31,32)/t17-,18-,19-,20?,21+,22+,23?,25?,26-,27?,28?/m1/s1. The Labute approximate surface area is 206 Å². The van der Waals surface area contributed by atoms with Gasteiger partial charge in [-0.05, 0) is 104 Å². The zero-order valence-electron chi connectivity index (χ0n) is 21.9. The highest BCUT2D eigenvalue weighted by molar-refractivity contribution is 5.13. The number of fused-ring (bicyclic) bond motifs is 5. The molecule has 1 aromatic heterocycles. The van der Waals surface area contributed by atoms with Gasteiger partial charge < -0.3 is 10.2 Å². The van der Waals surface area contributed by atoms with E-state index in [1.54, 1.807) is 0 Å². The second kappa shape index (κ2) is 9.46. The molecule has 4 fully saturated rings. The Kier molecular flexibility index (Phi) is 6.86. The lowest BCUT2D eigenvalue weighted by Gasteiger charge is -2.64. The summed E-state index contributed by atoms with van der Waals surface area (Å²) < 4.78 is 0. The summed E-state index contributed by atoms with van der Waals surface area (Å²) in [6.07, 6.45) is 13.5. The van der Waals surface area contributed by atoms with Gasteiger partial charge >= 0.3 is 0 Å². The summed E-state index contributed by atoms with van der Waals surface area (Å²) in [6, 6.07) is 0. The third-order valence-corrected chi connectivity index (χ3v) is 11.8. The van der Waals surface area contributed by atoms with E-state index in [1.807, 2.05) is 0 Å². The van der Waals surface area contributed by atoms with Gasteiger partial charge in [-0.2, -0.15) is 5.21 Å². The summed E-state index contributed by atoms with van der Waals surface area (Å²) in [6.45, 7) is 9.89. The smallest absolute Gasteiger partial charge is 0.174 e. The van der Waals surface area contributed by atoms with E-state index < -0.39 is 0 Å². The molecule has 34 heavy (non-hydrogen) atoms. The number of aliphatic hydroxyl groups is 2. The minimum absolute atomic E-state index is 0.165. The lowest BCUT2D eigenvalue weighted by molar-refractivity contribution is -0.203. The number of nitrogens with one attached hydrogen (secondary N) is 1. The average molecular weight is 473 g/mol. The van der Waals surface area contributed by atoms with Crippen LogP contribution >= 0.6 is 0 Å². The van der Waals surface area contributed by atoms with Crippen molar-refractivity contribution in [2.75, 3.05) is 0 Å². The van der Waals surface area contributed by atoms with Gasteiger partial charge in [-0.15, -0.1) is 10.2 Å². The quantitative estimate of drug-likeness (QED) is 0.476. The molecule has 6 heteroatoms. The van der Waals surface area contributed by atoms with Crippen LogP contribution in [0, 0.1) is 52.3 Å². The maximum absolute atomic E-state index is 11.9. The number of unbranched alkanes of at least 4 members (excludes halogenated alkanes) is 1. The number of tetrazole rings is 1. The van der Waals surface area contributed by atoms with Crippen molar-refractivity contribution in [3.05, 3.63) is 5.82 Å². The van der Waals surface area contributed by atoms with Gasteiger partial charge in [0, 0.05) is 6.42 Å². The van der Waals surface area contributed by atoms with Gasteiger partial charge in [-0.25, -0.2) is 0 Å². The summed E-state index contributed by atoms with van der Waals surface area (Å²) in [5.74, 6) is 4.91. The zero-order chi connectivity index (χ0) is 24.1. The number of nitrogens with zero attached hydrogens (tertiary/aromatic N) is 3. The summed E-state index contributed by atoms with van der Waals surface area (Å²) in [4.78, 5) is 0. The van der Waals surface area contributed by atoms with Crippen LogP contribution in [0.5, 0.6) is 0 Å². The van der Waals surface area contributed by atoms with E-state index in [0.29, 0.717) is 40.4 Å². The molecule has 1 heterocycles. The molecule has 4 aliphatic carbocycles. The van der Waals surface area contributed by atoms with Gasteiger partial charge in [0.15, 0.2) is 5.82 Å². The first-order valence-electron chi connectivity index (χ1n) is 14.4. The summed E-state index contributed by atoms with van der Waals surface area (Å²) in [5.41, 5.74) is 0.662. The second-order valence-corrected chi connectivity index (χ2v) is 13.2. The highest BCUT2D eigenvalue weighted by atomic mass is 16.3. The molecule has 0 bridgehead atoms. The summed E-state index contributed by atoms with van der Waals surface area (Å²) >= 11 is 0. The van der Waals surface area contributed by atoms with Crippen LogP contribution in [0.3, 0.4) is 0 Å². The van der Waals surface area contributed by atoms with E-state index in [4.69, 9.17) is 0 Å². The predicted octanol–water partition coefficient (Wildman–Crippen LogP) is 5.18. The van der Waals surface area contributed by atoms with Crippen LogP contribution in [0.4, 0.5) is 0 Å². The maximum Gasteiger partial charge on any atom is 0.174 e. The first-order chi connectivity index (χ1) is 16.3. The van der Waals surface area contributed by atoms with Crippen LogP contribution in [0.25, 0.3) is 0 Å². The minimum Gasteiger partial charge on any atom is -0.393 e. The molecule has 192 valence electrons. The Morgan fingerprint density at radius 2 is 1.76 bits per heavy atom. The Morgan fingerprint density at radius 3 is 2.50 bits per heavy atom. The third kappa shape index (κ3) is 3.95. The van der Waals surface area contributed by atoms with Gasteiger partial charge in [-0.1, -0.05) is 52.2 Å². The highest BCUT2D eigenvalue weighted by Crippen LogP contribution is 2.69. The SMILES string of the molecule is CC[C@@H]1C2C[C@H](O)CCC2(C)[C@H]2CCC3(C)C([C@H](C)CCCCc4nn[nH]n4)CC[C@H]3C2[C@@H]1O. The largest absolute Gasteiger partial charge is 0.393 e. The number of aryl methyl sites for hydroxylation is 1. The van der Waals surface area contributed by atoms with Crippen LogP contribution in [-0.4, -0.2) is 43.0 Å². The highest BCUT2D eigenvalue weighted by Gasteiger charge is 2.64. The molecule has 0 radical (unpaired) electrons. The van der Waals surface area contributed by atoms with Crippen LogP contribution in [0.2, 0.25) is 0 Å². The molecule has 0 amide bonds. The van der Waals surface area contributed by atoms with Crippen molar-refractivity contribution in [1.29, 1.82) is 0 Å². The lowest BCUT2D eigenvalue weighted by Crippen LogP contribution is -2.62. The predicted molar refractivity (Wildman–Crippen MR) is 133 cm³/mol. The van der Waals surface area contributed by atoms with Gasteiger partial charge in [-0.3, -0.25) is 0 Å². The minimum atomic E-state index is -0.188. The Hall–Kier alpha value is -1.01. The van der Waals surface area contributed by atoms with Gasteiger partial charge in [0.25, 0.3) is 0 Å². The fraction of sp³-hybridized carbons (Fsp3) is 0.964. The molecule has 0 aromatic carbocycles.